The molecular weight excluding hydrogens is 470 g/mol. The Hall–Kier alpha value is -3.96. The molecule has 5 nitrogen and oxygen atoms in total. The zero-order chi connectivity index (χ0) is 26.3. The van der Waals surface area contributed by atoms with Gasteiger partial charge in [0.15, 0.2) is 0 Å². The van der Waals surface area contributed by atoms with Gasteiger partial charge in [-0.3, -0.25) is 14.5 Å². The van der Waals surface area contributed by atoms with Crippen molar-refractivity contribution in [3.05, 3.63) is 120 Å². The van der Waals surface area contributed by atoms with Crippen molar-refractivity contribution in [3.8, 4) is 0 Å². The van der Waals surface area contributed by atoms with E-state index in [1.807, 2.05) is 95.6 Å². The second kappa shape index (κ2) is 12.1. The molecular formula is C33H35N3O2. The van der Waals surface area contributed by atoms with Crippen LogP contribution < -0.4 is 0 Å². The van der Waals surface area contributed by atoms with Crippen LogP contribution >= 0.6 is 0 Å². The number of hydrogen-bond acceptors (Lipinski definition) is 3. The SMILES string of the molecule is CC(c1ccccc1)N(CCC(=O)N1CCN(Cc2ccccc2)CC1)C(=O)c1ccc2ccccc2c1. The molecule has 1 unspecified atom stereocenters. The molecule has 0 N–H and O–H groups in total. The molecule has 0 bridgehead atoms. The van der Waals surface area contributed by atoms with Gasteiger partial charge in [0.05, 0.1) is 6.04 Å². The lowest BCUT2D eigenvalue weighted by molar-refractivity contribution is -0.133. The van der Waals surface area contributed by atoms with Gasteiger partial charge in [-0.05, 0) is 41.0 Å². The Morgan fingerprint density at radius 2 is 1.39 bits per heavy atom. The van der Waals surface area contributed by atoms with Gasteiger partial charge in [0, 0.05) is 51.3 Å². The molecule has 1 saturated heterocycles. The summed E-state index contributed by atoms with van der Waals surface area (Å²) in [6, 6.07) is 34.3. The van der Waals surface area contributed by atoms with Crippen LogP contribution in [-0.2, 0) is 11.3 Å². The van der Waals surface area contributed by atoms with E-state index in [0.717, 1.165) is 49.1 Å². The number of hydrogen-bond donors (Lipinski definition) is 0. The van der Waals surface area contributed by atoms with Crippen LogP contribution in [0.15, 0.2) is 103 Å². The number of carbonyl (C=O) groups is 2. The Morgan fingerprint density at radius 3 is 2.11 bits per heavy atom. The summed E-state index contributed by atoms with van der Waals surface area (Å²) in [4.78, 5) is 33.2. The lowest BCUT2D eigenvalue weighted by Crippen LogP contribution is -2.49. The van der Waals surface area contributed by atoms with Crippen molar-refractivity contribution in [3.63, 3.8) is 0 Å². The summed E-state index contributed by atoms with van der Waals surface area (Å²) in [7, 11) is 0. The van der Waals surface area contributed by atoms with E-state index in [1.165, 1.54) is 5.56 Å². The monoisotopic (exact) mass is 505 g/mol. The predicted molar refractivity (Wildman–Crippen MR) is 153 cm³/mol. The van der Waals surface area contributed by atoms with Gasteiger partial charge in [0.25, 0.3) is 5.91 Å². The van der Waals surface area contributed by atoms with Gasteiger partial charge in [-0.15, -0.1) is 0 Å². The Balaban J connectivity index is 1.25. The molecule has 4 aromatic carbocycles. The third-order valence-electron chi connectivity index (χ3n) is 7.55. The van der Waals surface area contributed by atoms with Gasteiger partial charge in [-0.1, -0.05) is 91.0 Å². The molecule has 194 valence electrons. The first-order valence-corrected chi connectivity index (χ1v) is 13.5. The Labute approximate surface area is 225 Å². The van der Waals surface area contributed by atoms with Crippen LogP contribution in [0.2, 0.25) is 0 Å². The Morgan fingerprint density at radius 1 is 0.763 bits per heavy atom. The van der Waals surface area contributed by atoms with E-state index in [2.05, 4.69) is 29.2 Å². The summed E-state index contributed by atoms with van der Waals surface area (Å²) in [5.74, 6) is 0.0634. The maximum absolute atomic E-state index is 13.8. The summed E-state index contributed by atoms with van der Waals surface area (Å²) < 4.78 is 0. The standard InChI is InChI=1S/C33H35N3O2/c1-26(28-12-6-3-7-13-28)36(33(38)31-17-16-29-14-8-9-15-30(29)24-31)19-18-32(37)35-22-20-34(21-23-35)25-27-10-4-2-5-11-27/h2-17,24,26H,18-23,25H2,1H3. The maximum atomic E-state index is 13.8. The van der Waals surface area contributed by atoms with Crippen molar-refractivity contribution in [2.45, 2.75) is 25.9 Å². The molecule has 1 aliphatic heterocycles. The molecule has 0 aliphatic carbocycles. The van der Waals surface area contributed by atoms with E-state index in [0.29, 0.717) is 18.5 Å². The minimum absolute atomic E-state index is 0.0485. The quantitative estimate of drug-likeness (QED) is 0.305. The molecule has 38 heavy (non-hydrogen) atoms. The minimum Gasteiger partial charge on any atom is -0.340 e. The first-order chi connectivity index (χ1) is 18.6. The molecule has 5 rings (SSSR count). The smallest absolute Gasteiger partial charge is 0.254 e. The van der Waals surface area contributed by atoms with E-state index in [4.69, 9.17) is 0 Å². The van der Waals surface area contributed by atoms with Gasteiger partial charge in [0.2, 0.25) is 5.91 Å². The largest absolute Gasteiger partial charge is 0.340 e. The first-order valence-electron chi connectivity index (χ1n) is 13.5. The molecule has 4 aromatic rings. The second-order valence-electron chi connectivity index (χ2n) is 10.0. The molecule has 0 aromatic heterocycles. The highest BCUT2D eigenvalue weighted by Gasteiger charge is 2.26. The fraction of sp³-hybridized carbons (Fsp3) is 0.273. The van der Waals surface area contributed by atoms with E-state index in [1.54, 1.807) is 0 Å². The molecule has 1 heterocycles. The highest BCUT2D eigenvalue weighted by Crippen LogP contribution is 2.25. The average molecular weight is 506 g/mol. The normalized spacial score (nSPS) is 14.8. The molecule has 0 spiro atoms. The number of rotatable bonds is 8. The van der Waals surface area contributed by atoms with Crippen LogP contribution in [0, 0.1) is 0 Å². The topological polar surface area (TPSA) is 43.9 Å². The van der Waals surface area contributed by atoms with Gasteiger partial charge in [-0.25, -0.2) is 0 Å². The van der Waals surface area contributed by atoms with Crippen molar-refractivity contribution in [2.75, 3.05) is 32.7 Å². The van der Waals surface area contributed by atoms with Crippen LogP contribution in [0.1, 0.15) is 40.9 Å². The summed E-state index contributed by atoms with van der Waals surface area (Å²) in [6.07, 6.45) is 0.315. The van der Waals surface area contributed by atoms with E-state index in [-0.39, 0.29) is 17.9 Å². The van der Waals surface area contributed by atoms with Crippen LogP contribution in [-0.4, -0.2) is 59.2 Å². The van der Waals surface area contributed by atoms with Crippen LogP contribution in [0.3, 0.4) is 0 Å². The lowest BCUT2D eigenvalue weighted by Gasteiger charge is -2.36. The molecule has 2 amide bonds. The lowest BCUT2D eigenvalue weighted by atomic mass is 10.0. The summed E-state index contributed by atoms with van der Waals surface area (Å²) in [6.45, 7) is 6.50. The number of piperazine rings is 1. The molecule has 1 aliphatic rings. The number of fused-ring (bicyclic) bond motifs is 1. The van der Waals surface area contributed by atoms with Crippen LogP contribution in [0.4, 0.5) is 0 Å². The fourth-order valence-corrected chi connectivity index (χ4v) is 5.24. The Bertz CT molecular complexity index is 1360. The molecule has 5 heteroatoms. The second-order valence-corrected chi connectivity index (χ2v) is 10.0. The van der Waals surface area contributed by atoms with E-state index in [9.17, 15) is 9.59 Å². The van der Waals surface area contributed by atoms with Gasteiger partial charge in [-0.2, -0.15) is 0 Å². The van der Waals surface area contributed by atoms with E-state index < -0.39 is 0 Å². The zero-order valence-electron chi connectivity index (χ0n) is 22.0. The summed E-state index contributed by atoms with van der Waals surface area (Å²) in [5, 5.41) is 2.14. The summed E-state index contributed by atoms with van der Waals surface area (Å²) in [5.41, 5.74) is 3.00. The number of nitrogens with zero attached hydrogens (tertiary/aromatic N) is 3. The third kappa shape index (κ3) is 6.12. The zero-order valence-corrected chi connectivity index (χ0v) is 22.0. The average Bonchev–Trinajstić information content (AvgIpc) is 2.98. The van der Waals surface area contributed by atoms with Crippen molar-refractivity contribution >= 4 is 22.6 Å². The molecule has 1 atom stereocenters. The number of benzene rings is 4. The van der Waals surface area contributed by atoms with Crippen molar-refractivity contribution in [2.24, 2.45) is 0 Å². The molecule has 0 radical (unpaired) electrons. The van der Waals surface area contributed by atoms with Gasteiger partial charge in [0.1, 0.15) is 0 Å². The van der Waals surface area contributed by atoms with Crippen molar-refractivity contribution < 1.29 is 9.59 Å². The molecule has 0 saturated carbocycles. The van der Waals surface area contributed by atoms with Gasteiger partial charge < -0.3 is 9.80 Å². The van der Waals surface area contributed by atoms with Crippen LogP contribution in [0.25, 0.3) is 10.8 Å². The van der Waals surface area contributed by atoms with Gasteiger partial charge >= 0.3 is 0 Å². The predicted octanol–water partition coefficient (Wildman–Crippen LogP) is 5.78. The van der Waals surface area contributed by atoms with E-state index >= 15 is 0 Å². The Kier molecular flexibility index (Phi) is 8.15. The highest BCUT2D eigenvalue weighted by molar-refractivity contribution is 5.99. The number of carbonyl (C=O) groups excluding carboxylic acids is 2. The highest BCUT2D eigenvalue weighted by atomic mass is 16.2. The van der Waals surface area contributed by atoms with Crippen molar-refractivity contribution in [1.82, 2.24) is 14.7 Å². The fourth-order valence-electron chi connectivity index (χ4n) is 5.24. The first kappa shape index (κ1) is 25.7. The molecule has 1 fully saturated rings. The van der Waals surface area contributed by atoms with Crippen LogP contribution in [0.5, 0.6) is 0 Å². The number of amides is 2. The minimum atomic E-state index is -0.148. The van der Waals surface area contributed by atoms with Crippen molar-refractivity contribution in [1.29, 1.82) is 0 Å². The third-order valence-corrected chi connectivity index (χ3v) is 7.55. The maximum Gasteiger partial charge on any atom is 0.254 e. The summed E-state index contributed by atoms with van der Waals surface area (Å²) >= 11 is 0.